The molecular weight excluding hydrogens is 350 g/mol. The van der Waals surface area contributed by atoms with Gasteiger partial charge in [0.1, 0.15) is 5.75 Å². The van der Waals surface area contributed by atoms with Crippen molar-refractivity contribution in [3.8, 4) is 5.75 Å². The Kier molecular flexibility index (Phi) is 5.56. The van der Waals surface area contributed by atoms with Crippen molar-refractivity contribution in [1.82, 2.24) is 4.72 Å². The molecule has 0 amide bonds. The average molecular weight is 371 g/mol. The number of nitrogens with one attached hydrogen (secondary N) is 1. The van der Waals surface area contributed by atoms with Crippen molar-refractivity contribution in [2.75, 3.05) is 20.8 Å². The quantitative estimate of drug-likeness (QED) is 0.690. The third-order valence-electron chi connectivity index (χ3n) is 4.25. The first kappa shape index (κ1) is 18.4. The van der Waals surface area contributed by atoms with Crippen LogP contribution >= 0.6 is 0 Å². The number of ether oxygens (including phenoxy) is 2. The fraction of sp³-hybridized carbons (Fsp3) is 0.200. The Morgan fingerprint density at radius 1 is 0.962 bits per heavy atom. The van der Waals surface area contributed by atoms with E-state index in [0.29, 0.717) is 11.1 Å². The first-order valence-electron chi connectivity index (χ1n) is 8.19. The zero-order valence-electron chi connectivity index (χ0n) is 14.7. The lowest BCUT2D eigenvalue weighted by Gasteiger charge is -2.18. The van der Waals surface area contributed by atoms with Gasteiger partial charge in [0.25, 0.3) is 0 Å². The summed E-state index contributed by atoms with van der Waals surface area (Å²) < 4.78 is 39.0. The minimum absolute atomic E-state index is 0.120. The summed E-state index contributed by atoms with van der Waals surface area (Å²) in [6, 6.07) is 20.0. The maximum Gasteiger partial charge on any atom is 0.241 e. The van der Waals surface area contributed by atoms with Crippen molar-refractivity contribution in [2.24, 2.45) is 0 Å². The molecule has 0 saturated carbocycles. The van der Waals surface area contributed by atoms with Crippen molar-refractivity contribution >= 4 is 20.8 Å². The predicted molar refractivity (Wildman–Crippen MR) is 102 cm³/mol. The van der Waals surface area contributed by atoms with Crippen molar-refractivity contribution in [1.29, 1.82) is 0 Å². The van der Waals surface area contributed by atoms with Gasteiger partial charge in [-0.15, -0.1) is 0 Å². The van der Waals surface area contributed by atoms with Crippen LogP contribution in [0.1, 0.15) is 11.7 Å². The molecule has 0 aliphatic heterocycles. The summed E-state index contributed by atoms with van der Waals surface area (Å²) in [5, 5.41) is 1.57. The van der Waals surface area contributed by atoms with E-state index in [-0.39, 0.29) is 11.4 Å². The lowest BCUT2D eigenvalue weighted by atomic mass is 10.1. The largest absolute Gasteiger partial charge is 0.497 e. The fourth-order valence-electron chi connectivity index (χ4n) is 2.87. The Balaban J connectivity index is 1.84. The van der Waals surface area contributed by atoms with Crippen molar-refractivity contribution in [3.63, 3.8) is 0 Å². The topological polar surface area (TPSA) is 64.6 Å². The molecule has 0 bridgehead atoms. The van der Waals surface area contributed by atoms with Gasteiger partial charge in [-0.3, -0.25) is 0 Å². The van der Waals surface area contributed by atoms with Crippen molar-refractivity contribution in [3.05, 3.63) is 72.3 Å². The molecule has 26 heavy (non-hydrogen) atoms. The number of benzene rings is 3. The number of sulfonamides is 1. The van der Waals surface area contributed by atoms with Crippen LogP contribution in [-0.2, 0) is 14.8 Å². The van der Waals surface area contributed by atoms with Gasteiger partial charge in [0.15, 0.2) is 0 Å². The molecule has 0 aromatic heterocycles. The zero-order chi connectivity index (χ0) is 18.6. The molecule has 1 atom stereocenters. The molecule has 3 aromatic carbocycles. The van der Waals surface area contributed by atoms with E-state index >= 15 is 0 Å². The summed E-state index contributed by atoms with van der Waals surface area (Å²) in [6.07, 6.45) is -0.421. The number of hydrogen-bond acceptors (Lipinski definition) is 4. The van der Waals surface area contributed by atoms with Crippen LogP contribution in [0.25, 0.3) is 10.8 Å². The highest BCUT2D eigenvalue weighted by molar-refractivity contribution is 7.89. The predicted octanol–water partition coefficient (Wildman–Crippen LogP) is 3.51. The Bertz CT molecular complexity index is 996. The van der Waals surface area contributed by atoms with E-state index < -0.39 is 16.1 Å². The highest BCUT2D eigenvalue weighted by atomic mass is 32.2. The highest BCUT2D eigenvalue weighted by Crippen LogP contribution is 2.24. The molecule has 6 heteroatoms. The second-order valence-electron chi connectivity index (χ2n) is 5.83. The van der Waals surface area contributed by atoms with E-state index in [1.165, 1.54) is 0 Å². The van der Waals surface area contributed by atoms with E-state index in [1.54, 1.807) is 32.4 Å². The summed E-state index contributed by atoms with van der Waals surface area (Å²) >= 11 is 0. The van der Waals surface area contributed by atoms with Crippen molar-refractivity contribution < 1.29 is 17.9 Å². The molecule has 0 saturated heterocycles. The second kappa shape index (κ2) is 7.86. The molecule has 3 rings (SSSR count). The summed E-state index contributed by atoms with van der Waals surface area (Å²) in [6.45, 7) is 0.120. The van der Waals surface area contributed by atoms with E-state index in [9.17, 15) is 8.42 Å². The summed E-state index contributed by atoms with van der Waals surface area (Å²) in [4.78, 5) is 0.260. The van der Waals surface area contributed by atoms with Crippen LogP contribution < -0.4 is 9.46 Å². The molecule has 0 spiro atoms. The summed E-state index contributed by atoms with van der Waals surface area (Å²) in [7, 11) is -0.538. The third kappa shape index (κ3) is 3.88. The molecule has 0 aliphatic rings. The Hall–Kier alpha value is -2.41. The van der Waals surface area contributed by atoms with E-state index in [0.717, 1.165) is 10.9 Å². The van der Waals surface area contributed by atoms with Crippen LogP contribution in [0.3, 0.4) is 0 Å². The van der Waals surface area contributed by atoms with E-state index in [2.05, 4.69) is 4.72 Å². The smallest absolute Gasteiger partial charge is 0.241 e. The van der Waals surface area contributed by atoms with E-state index in [1.807, 2.05) is 48.5 Å². The average Bonchev–Trinajstić information content (AvgIpc) is 2.68. The van der Waals surface area contributed by atoms with Gasteiger partial charge >= 0.3 is 0 Å². The Morgan fingerprint density at radius 3 is 2.46 bits per heavy atom. The second-order valence-corrected chi connectivity index (χ2v) is 7.57. The maximum atomic E-state index is 12.8. The molecule has 3 aromatic rings. The van der Waals surface area contributed by atoms with Gasteiger partial charge in [-0.2, -0.15) is 0 Å². The first-order chi connectivity index (χ1) is 12.5. The standard InChI is InChI=1S/C20H21NO4S/c1-24-17-10-5-9-16(13-17)19(25-2)14-21-26(22,23)20-12-6-8-15-7-3-4-11-18(15)20/h3-13,19,21H,14H2,1-2H3/t19-/m0/s1. The van der Waals surface area contributed by atoms with Crippen LogP contribution in [0.15, 0.2) is 71.6 Å². The minimum Gasteiger partial charge on any atom is -0.497 e. The van der Waals surface area contributed by atoms with Gasteiger partial charge in [-0.25, -0.2) is 13.1 Å². The fourth-order valence-corrected chi connectivity index (χ4v) is 4.13. The molecule has 0 unspecified atom stereocenters. The molecular formula is C20H21NO4S. The van der Waals surface area contributed by atoms with Crippen LogP contribution in [-0.4, -0.2) is 29.2 Å². The summed E-state index contributed by atoms with van der Waals surface area (Å²) in [5.74, 6) is 0.696. The van der Waals surface area contributed by atoms with Crippen LogP contribution in [0.2, 0.25) is 0 Å². The normalized spacial score (nSPS) is 12.8. The molecule has 0 radical (unpaired) electrons. The van der Waals surface area contributed by atoms with Gasteiger partial charge in [-0.05, 0) is 29.1 Å². The Labute approximate surface area is 153 Å². The molecule has 0 aliphatic carbocycles. The van der Waals surface area contributed by atoms with Gasteiger partial charge in [0.05, 0.1) is 18.1 Å². The maximum absolute atomic E-state index is 12.8. The number of fused-ring (bicyclic) bond motifs is 1. The van der Waals surface area contributed by atoms with Gasteiger partial charge in [0.2, 0.25) is 10.0 Å². The molecule has 0 heterocycles. The van der Waals surface area contributed by atoms with Crippen LogP contribution in [0.5, 0.6) is 5.75 Å². The lowest BCUT2D eigenvalue weighted by Crippen LogP contribution is -2.29. The number of hydrogen-bond donors (Lipinski definition) is 1. The van der Waals surface area contributed by atoms with Crippen molar-refractivity contribution in [2.45, 2.75) is 11.0 Å². The summed E-state index contributed by atoms with van der Waals surface area (Å²) in [5.41, 5.74) is 0.840. The van der Waals surface area contributed by atoms with Gasteiger partial charge < -0.3 is 9.47 Å². The zero-order valence-corrected chi connectivity index (χ0v) is 15.5. The van der Waals surface area contributed by atoms with E-state index in [4.69, 9.17) is 9.47 Å². The lowest BCUT2D eigenvalue weighted by molar-refractivity contribution is 0.107. The monoisotopic (exact) mass is 371 g/mol. The number of rotatable bonds is 7. The Morgan fingerprint density at radius 2 is 1.69 bits per heavy atom. The molecule has 5 nitrogen and oxygen atoms in total. The van der Waals surface area contributed by atoms with Crippen LogP contribution in [0, 0.1) is 0 Å². The molecule has 136 valence electrons. The minimum atomic E-state index is -3.68. The third-order valence-corrected chi connectivity index (χ3v) is 5.73. The van der Waals surface area contributed by atoms with Gasteiger partial charge in [-0.1, -0.05) is 48.5 Å². The van der Waals surface area contributed by atoms with Crippen LogP contribution in [0.4, 0.5) is 0 Å². The SMILES string of the molecule is COc1cccc([C@H](CNS(=O)(=O)c2cccc3ccccc23)OC)c1. The molecule has 1 N–H and O–H groups in total. The van der Waals surface area contributed by atoms with Gasteiger partial charge in [0, 0.05) is 19.0 Å². The highest BCUT2D eigenvalue weighted by Gasteiger charge is 2.20. The molecule has 0 fully saturated rings. The number of methoxy groups -OCH3 is 2. The first-order valence-corrected chi connectivity index (χ1v) is 9.67.